The first-order valence-corrected chi connectivity index (χ1v) is 7.07. The minimum atomic E-state index is -0.307. The first kappa shape index (κ1) is 15.6. The average Bonchev–Trinajstić information content (AvgIpc) is 2.54. The van der Waals surface area contributed by atoms with Crippen molar-refractivity contribution in [2.75, 3.05) is 25.9 Å². The van der Waals surface area contributed by atoms with Gasteiger partial charge in [-0.3, -0.25) is 0 Å². The van der Waals surface area contributed by atoms with Crippen LogP contribution in [0.5, 0.6) is 0 Å². The number of allylic oxidation sites excluding steroid dienone is 2. The first-order valence-electron chi connectivity index (χ1n) is 7.07. The largest absolute Gasteiger partial charge is 0.463 e. The fourth-order valence-corrected chi connectivity index (χ4v) is 2.09. The molecule has 1 aliphatic rings. The number of nitrogens with two attached hydrogens (primary N) is 1. The van der Waals surface area contributed by atoms with Crippen LogP contribution >= 0.6 is 0 Å². The van der Waals surface area contributed by atoms with Gasteiger partial charge in [0.1, 0.15) is 0 Å². The second kappa shape index (κ2) is 7.31. The number of hydrogen-bond donors (Lipinski definition) is 2. The number of nitrogen functional groups attached to an aromatic ring is 1. The Labute approximate surface area is 129 Å². The van der Waals surface area contributed by atoms with E-state index in [1.165, 1.54) is 0 Å². The van der Waals surface area contributed by atoms with Crippen LogP contribution in [0.15, 0.2) is 53.3 Å². The number of hydrogen-bond acceptors (Lipinski definition) is 5. The van der Waals surface area contributed by atoms with Crippen molar-refractivity contribution in [1.82, 2.24) is 10.3 Å². The van der Waals surface area contributed by atoms with Gasteiger partial charge in [0.2, 0.25) is 0 Å². The molecule has 0 unspecified atom stereocenters. The standard InChI is InChI=1S/C16H20N4O2/c1-3-22-16(21)13-5-4-10-20(11-13)15(19-18-2)12-6-8-14(17)9-7-12/h4-10,18H,3,11,17H2,1-2H3/b19-15-. The Morgan fingerprint density at radius 3 is 2.77 bits per heavy atom. The number of carbonyl (C=O) groups excluding carboxylic acids is 1. The van der Waals surface area contributed by atoms with Crippen molar-refractivity contribution in [1.29, 1.82) is 0 Å². The molecule has 2 rings (SSSR count). The van der Waals surface area contributed by atoms with E-state index in [-0.39, 0.29) is 5.97 Å². The molecule has 0 radical (unpaired) electrons. The van der Waals surface area contributed by atoms with Crippen LogP contribution in [0.25, 0.3) is 0 Å². The van der Waals surface area contributed by atoms with E-state index in [9.17, 15) is 4.79 Å². The summed E-state index contributed by atoms with van der Waals surface area (Å²) in [6.45, 7) is 2.55. The van der Waals surface area contributed by atoms with Gasteiger partial charge in [-0.15, -0.1) is 0 Å². The van der Waals surface area contributed by atoms with E-state index >= 15 is 0 Å². The van der Waals surface area contributed by atoms with Crippen LogP contribution in [0.2, 0.25) is 0 Å². The van der Waals surface area contributed by atoms with Gasteiger partial charge < -0.3 is 20.8 Å². The Morgan fingerprint density at radius 1 is 1.41 bits per heavy atom. The van der Waals surface area contributed by atoms with Crippen molar-refractivity contribution >= 4 is 17.5 Å². The Balaban J connectivity index is 2.22. The Morgan fingerprint density at radius 2 is 2.14 bits per heavy atom. The summed E-state index contributed by atoms with van der Waals surface area (Å²) in [6, 6.07) is 7.41. The van der Waals surface area contributed by atoms with Crippen molar-refractivity contribution in [3.63, 3.8) is 0 Å². The molecule has 6 nitrogen and oxygen atoms in total. The van der Waals surface area contributed by atoms with Gasteiger partial charge in [0.25, 0.3) is 0 Å². The molecular formula is C16H20N4O2. The lowest BCUT2D eigenvalue weighted by Gasteiger charge is -2.25. The van der Waals surface area contributed by atoms with Crippen molar-refractivity contribution in [3.8, 4) is 0 Å². The number of anilines is 1. The van der Waals surface area contributed by atoms with E-state index in [0.29, 0.717) is 30.2 Å². The number of carbonyl (C=O) groups is 1. The van der Waals surface area contributed by atoms with Crippen LogP contribution in [0.4, 0.5) is 5.69 Å². The Bertz CT molecular complexity index is 618. The highest BCUT2D eigenvalue weighted by Gasteiger charge is 2.20. The van der Waals surface area contributed by atoms with Gasteiger partial charge in [0, 0.05) is 24.5 Å². The van der Waals surface area contributed by atoms with E-state index in [4.69, 9.17) is 10.5 Å². The summed E-state index contributed by atoms with van der Waals surface area (Å²) in [4.78, 5) is 13.8. The summed E-state index contributed by atoms with van der Waals surface area (Å²) in [6.07, 6.45) is 5.43. The molecule has 1 aliphatic heterocycles. The zero-order chi connectivity index (χ0) is 15.9. The molecule has 1 heterocycles. The van der Waals surface area contributed by atoms with E-state index in [1.807, 2.05) is 35.4 Å². The van der Waals surface area contributed by atoms with Gasteiger partial charge in [-0.2, -0.15) is 5.10 Å². The third-order valence-corrected chi connectivity index (χ3v) is 3.10. The summed E-state index contributed by atoms with van der Waals surface area (Å²) in [5.74, 6) is 0.395. The van der Waals surface area contributed by atoms with Gasteiger partial charge in [-0.05, 0) is 43.3 Å². The lowest BCUT2D eigenvalue weighted by molar-refractivity contribution is -0.138. The normalized spacial score (nSPS) is 14.5. The van der Waals surface area contributed by atoms with Gasteiger partial charge in [-0.1, -0.05) is 0 Å². The molecule has 0 saturated carbocycles. The highest BCUT2D eigenvalue weighted by molar-refractivity contribution is 6.01. The minimum absolute atomic E-state index is 0.307. The Kier molecular flexibility index (Phi) is 5.19. The fourth-order valence-electron chi connectivity index (χ4n) is 2.09. The van der Waals surface area contributed by atoms with Crippen LogP contribution in [0.1, 0.15) is 12.5 Å². The smallest absolute Gasteiger partial charge is 0.335 e. The number of rotatable bonds is 4. The number of nitrogens with one attached hydrogen (secondary N) is 1. The number of hydrazone groups is 1. The summed E-state index contributed by atoms with van der Waals surface area (Å²) >= 11 is 0. The first-order chi connectivity index (χ1) is 10.7. The highest BCUT2D eigenvalue weighted by atomic mass is 16.5. The summed E-state index contributed by atoms with van der Waals surface area (Å²) in [5.41, 5.74) is 10.7. The lowest BCUT2D eigenvalue weighted by Crippen LogP contribution is -2.33. The molecule has 0 aromatic heterocycles. The summed E-state index contributed by atoms with van der Waals surface area (Å²) in [7, 11) is 1.73. The molecule has 0 bridgehead atoms. The van der Waals surface area contributed by atoms with Crippen molar-refractivity contribution in [2.24, 2.45) is 5.10 Å². The average molecular weight is 300 g/mol. The van der Waals surface area contributed by atoms with E-state index in [0.717, 1.165) is 5.56 Å². The molecule has 116 valence electrons. The summed E-state index contributed by atoms with van der Waals surface area (Å²) < 4.78 is 5.05. The minimum Gasteiger partial charge on any atom is -0.463 e. The molecular weight excluding hydrogens is 280 g/mol. The Hall–Kier alpha value is -2.76. The summed E-state index contributed by atoms with van der Waals surface area (Å²) in [5, 5.41) is 4.31. The molecule has 0 amide bonds. The fraction of sp³-hybridized carbons (Fsp3) is 0.250. The SMILES string of the molecule is CCOC(=O)C1=CC=CN(/C(=N\NC)c2ccc(N)cc2)C1. The quantitative estimate of drug-likeness (QED) is 0.289. The molecule has 1 aromatic rings. The number of benzene rings is 1. The number of esters is 1. The zero-order valence-corrected chi connectivity index (χ0v) is 12.7. The molecule has 0 fully saturated rings. The van der Waals surface area contributed by atoms with Crippen LogP contribution in [0, 0.1) is 0 Å². The van der Waals surface area contributed by atoms with Crippen LogP contribution in [0.3, 0.4) is 0 Å². The number of nitrogens with zero attached hydrogens (tertiary/aromatic N) is 2. The maximum Gasteiger partial charge on any atom is 0.335 e. The second-order valence-corrected chi connectivity index (χ2v) is 4.66. The van der Waals surface area contributed by atoms with Crippen LogP contribution < -0.4 is 11.2 Å². The van der Waals surface area contributed by atoms with Crippen molar-refractivity contribution in [3.05, 3.63) is 53.8 Å². The maximum absolute atomic E-state index is 11.9. The maximum atomic E-state index is 11.9. The predicted octanol–water partition coefficient (Wildman–Crippen LogP) is 1.47. The lowest BCUT2D eigenvalue weighted by atomic mass is 10.1. The van der Waals surface area contributed by atoms with Crippen molar-refractivity contribution < 1.29 is 9.53 Å². The molecule has 1 aromatic carbocycles. The third kappa shape index (κ3) is 3.66. The highest BCUT2D eigenvalue weighted by Crippen LogP contribution is 2.15. The molecule has 0 aliphatic carbocycles. The third-order valence-electron chi connectivity index (χ3n) is 3.10. The van der Waals surface area contributed by atoms with E-state index in [2.05, 4.69) is 10.5 Å². The zero-order valence-electron chi connectivity index (χ0n) is 12.7. The second-order valence-electron chi connectivity index (χ2n) is 4.66. The molecule has 0 saturated heterocycles. The topological polar surface area (TPSA) is 80.0 Å². The number of ether oxygens (including phenoxy) is 1. The predicted molar refractivity (Wildman–Crippen MR) is 87.0 cm³/mol. The van der Waals surface area contributed by atoms with Gasteiger partial charge in [0.15, 0.2) is 5.84 Å². The molecule has 0 atom stereocenters. The van der Waals surface area contributed by atoms with E-state index < -0.39 is 0 Å². The monoisotopic (exact) mass is 300 g/mol. The van der Waals surface area contributed by atoms with Crippen LogP contribution in [-0.2, 0) is 9.53 Å². The van der Waals surface area contributed by atoms with Crippen LogP contribution in [-0.4, -0.2) is 36.9 Å². The van der Waals surface area contributed by atoms with Gasteiger partial charge in [-0.25, -0.2) is 4.79 Å². The molecule has 3 N–H and O–H groups in total. The molecule has 6 heteroatoms. The van der Waals surface area contributed by atoms with Gasteiger partial charge >= 0.3 is 5.97 Å². The van der Waals surface area contributed by atoms with E-state index in [1.54, 1.807) is 26.1 Å². The van der Waals surface area contributed by atoms with Crippen molar-refractivity contribution in [2.45, 2.75) is 6.92 Å². The number of amidine groups is 1. The molecule has 22 heavy (non-hydrogen) atoms. The van der Waals surface area contributed by atoms with Gasteiger partial charge in [0.05, 0.1) is 18.7 Å². The molecule has 0 spiro atoms.